The van der Waals surface area contributed by atoms with Crippen LogP contribution in [0.3, 0.4) is 0 Å². The lowest BCUT2D eigenvalue weighted by molar-refractivity contribution is -0.130. The first-order chi connectivity index (χ1) is 14.5. The molecule has 0 bridgehead atoms. The fourth-order valence-electron chi connectivity index (χ4n) is 3.32. The predicted molar refractivity (Wildman–Crippen MR) is 116 cm³/mol. The van der Waals surface area contributed by atoms with Gasteiger partial charge in [0.15, 0.2) is 5.16 Å². The van der Waals surface area contributed by atoms with Crippen LogP contribution in [-0.2, 0) is 11.3 Å². The number of aryl methyl sites for hydroxylation is 2. The van der Waals surface area contributed by atoms with Crippen LogP contribution in [0.15, 0.2) is 74.4 Å². The van der Waals surface area contributed by atoms with Crippen LogP contribution in [0.4, 0.5) is 0 Å². The molecule has 7 nitrogen and oxygen atoms in total. The number of benzene rings is 1. The number of furan rings is 1. The molecular weight excluding hydrogens is 400 g/mol. The largest absolute Gasteiger partial charge is 0.467 e. The van der Waals surface area contributed by atoms with Crippen molar-refractivity contribution in [1.82, 2.24) is 14.6 Å². The summed E-state index contributed by atoms with van der Waals surface area (Å²) in [6.45, 7) is 4.66. The van der Waals surface area contributed by atoms with E-state index in [9.17, 15) is 9.59 Å². The third-order valence-electron chi connectivity index (χ3n) is 4.94. The molecule has 4 rings (SSSR count). The van der Waals surface area contributed by atoms with Gasteiger partial charge in [-0.2, -0.15) is 10.1 Å². The van der Waals surface area contributed by atoms with Crippen LogP contribution in [0.5, 0.6) is 0 Å². The van der Waals surface area contributed by atoms with E-state index < -0.39 is 0 Å². The van der Waals surface area contributed by atoms with Crippen molar-refractivity contribution in [2.45, 2.75) is 38.0 Å². The van der Waals surface area contributed by atoms with Crippen molar-refractivity contribution in [2.75, 3.05) is 5.75 Å². The van der Waals surface area contributed by atoms with Crippen molar-refractivity contribution in [2.24, 2.45) is 5.10 Å². The van der Waals surface area contributed by atoms with E-state index in [1.54, 1.807) is 12.5 Å². The molecule has 3 heterocycles. The molecule has 0 saturated carbocycles. The Labute approximate surface area is 178 Å². The van der Waals surface area contributed by atoms with Gasteiger partial charge in [0.1, 0.15) is 11.8 Å². The lowest BCUT2D eigenvalue weighted by Gasteiger charge is -2.19. The maximum absolute atomic E-state index is 13.1. The van der Waals surface area contributed by atoms with Crippen LogP contribution in [-0.4, -0.2) is 31.9 Å². The summed E-state index contributed by atoms with van der Waals surface area (Å²) in [5, 5.41) is 6.66. The van der Waals surface area contributed by atoms with E-state index in [1.807, 2.05) is 54.8 Å². The second kappa shape index (κ2) is 8.71. The number of hydrazone groups is 1. The molecule has 8 heteroatoms. The molecular formula is C22H22N4O3S. The van der Waals surface area contributed by atoms with E-state index in [0.717, 1.165) is 11.3 Å². The van der Waals surface area contributed by atoms with Gasteiger partial charge in [0.2, 0.25) is 0 Å². The Balaban J connectivity index is 1.57. The zero-order valence-electron chi connectivity index (χ0n) is 16.8. The summed E-state index contributed by atoms with van der Waals surface area (Å²) in [6, 6.07) is 12.9. The molecule has 30 heavy (non-hydrogen) atoms. The van der Waals surface area contributed by atoms with E-state index >= 15 is 0 Å². The fraction of sp³-hybridized carbons (Fsp3) is 0.273. The molecule has 0 N–H and O–H groups in total. The normalized spacial score (nSPS) is 16.0. The Morgan fingerprint density at radius 2 is 2.03 bits per heavy atom. The molecule has 0 aliphatic carbocycles. The minimum Gasteiger partial charge on any atom is -0.467 e. The van der Waals surface area contributed by atoms with E-state index in [0.29, 0.717) is 23.9 Å². The molecule has 0 fully saturated rings. The summed E-state index contributed by atoms with van der Waals surface area (Å²) in [5.41, 5.74) is 2.69. The van der Waals surface area contributed by atoms with Gasteiger partial charge in [-0.3, -0.25) is 9.59 Å². The number of hydrogen-bond donors (Lipinski definition) is 0. The molecule has 1 aliphatic heterocycles. The summed E-state index contributed by atoms with van der Waals surface area (Å²) in [7, 11) is 0. The minimum absolute atomic E-state index is 0.123. The zero-order chi connectivity index (χ0) is 21.1. The van der Waals surface area contributed by atoms with Gasteiger partial charge in [-0.25, -0.2) is 5.01 Å². The van der Waals surface area contributed by atoms with Crippen LogP contribution in [0.25, 0.3) is 0 Å². The highest BCUT2D eigenvalue weighted by molar-refractivity contribution is 7.99. The number of nitrogens with zero attached hydrogens (tertiary/aromatic N) is 4. The number of carbonyl (C=O) groups is 1. The summed E-state index contributed by atoms with van der Waals surface area (Å²) in [6.07, 6.45) is 3.87. The molecule has 1 amide bonds. The third-order valence-corrected chi connectivity index (χ3v) is 5.91. The summed E-state index contributed by atoms with van der Waals surface area (Å²) in [5.74, 6) is 0.657. The van der Waals surface area contributed by atoms with Gasteiger partial charge in [-0.05, 0) is 31.5 Å². The Morgan fingerprint density at radius 1 is 1.23 bits per heavy atom. The van der Waals surface area contributed by atoms with Crippen molar-refractivity contribution in [1.29, 1.82) is 0 Å². The van der Waals surface area contributed by atoms with Gasteiger partial charge in [0, 0.05) is 25.2 Å². The van der Waals surface area contributed by atoms with E-state index in [2.05, 4.69) is 10.1 Å². The van der Waals surface area contributed by atoms with Gasteiger partial charge in [-0.1, -0.05) is 41.6 Å². The lowest BCUT2D eigenvalue weighted by Crippen LogP contribution is -2.28. The standard InChI is InChI=1S/C22H22N4O3S/c1-3-25-11-10-20(27)23-22(25)30-14-21(28)26-18(19-5-4-12-29-19)13-17(24-26)16-8-6-15(2)7-9-16/h4-12,18H,3,13-14H2,1-2H3. The maximum atomic E-state index is 13.1. The monoisotopic (exact) mass is 422 g/mol. The molecule has 0 spiro atoms. The van der Waals surface area contributed by atoms with E-state index in [4.69, 9.17) is 4.42 Å². The molecule has 2 aromatic heterocycles. The van der Waals surface area contributed by atoms with Crippen molar-refractivity contribution < 1.29 is 9.21 Å². The number of aromatic nitrogens is 2. The zero-order valence-corrected chi connectivity index (χ0v) is 17.6. The maximum Gasteiger partial charge on any atom is 0.273 e. The quantitative estimate of drug-likeness (QED) is 0.448. The Morgan fingerprint density at radius 3 is 2.73 bits per heavy atom. The first kappa shape index (κ1) is 20.2. The number of hydrogen-bond acceptors (Lipinski definition) is 6. The van der Waals surface area contributed by atoms with Gasteiger partial charge >= 0.3 is 0 Å². The molecule has 1 aliphatic rings. The molecule has 1 unspecified atom stereocenters. The molecule has 0 saturated heterocycles. The van der Waals surface area contributed by atoms with Crippen LogP contribution in [0.1, 0.15) is 36.3 Å². The summed E-state index contributed by atoms with van der Waals surface area (Å²) >= 11 is 1.24. The van der Waals surface area contributed by atoms with Crippen LogP contribution < -0.4 is 5.56 Å². The van der Waals surface area contributed by atoms with Crippen molar-refractivity contribution in [3.63, 3.8) is 0 Å². The van der Waals surface area contributed by atoms with Crippen LogP contribution in [0, 0.1) is 6.92 Å². The molecule has 0 radical (unpaired) electrons. The smallest absolute Gasteiger partial charge is 0.273 e. The van der Waals surface area contributed by atoms with Crippen molar-refractivity contribution in [3.05, 3.63) is 82.2 Å². The van der Waals surface area contributed by atoms with Gasteiger partial charge < -0.3 is 8.98 Å². The first-order valence-electron chi connectivity index (χ1n) is 9.75. The van der Waals surface area contributed by atoms with Gasteiger partial charge in [0.05, 0.1) is 17.7 Å². The topological polar surface area (TPSA) is 80.7 Å². The predicted octanol–water partition coefficient (Wildman–Crippen LogP) is 3.63. The molecule has 1 aromatic carbocycles. The van der Waals surface area contributed by atoms with E-state index in [-0.39, 0.29) is 23.3 Å². The summed E-state index contributed by atoms with van der Waals surface area (Å²) in [4.78, 5) is 28.7. The fourth-order valence-corrected chi connectivity index (χ4v) is 4.22. The second-order valence-corrected chi connectivity index (χ2v) is 7.95. The third kappa shape index (κ3) is 4.23. The van der Waals surface area contributed by atoms with Gasteiger partial charge in [0.25, 0.3) is 11.5 Å². The van der Waals surface area contributed by atoms with Gasteiger partial charge in [-0.15, -0.1) is 0 Å². The highest BCUT2D eigenvalue weighted by atomic mass is 32.2. The number of thioether (sulfide) groups is 1. The number of rotatable bonds is 6. The average molecular weight is 423 g/mol. The Hall–Kier alpha value is -3.13. The second-order valence-electron chi connectivity index (χ2n) is 7.01. The minimum atomic E-state index is -0.316. The molecule has 3 aromatic rings. The number of carbonyl (C=O) groups excluding carboxylic acids is 1. The lowest BCUT2D eigenvalue weighted by atomic mass is 10.0. The Bertz CT molecular complexity index is 1120. The molecule has 154 valence electrons. The van der Waals surface area contributed by atoms with Crippen molar-refractivity contribution in [3.8, 4) is 0 Å². The molecule has 1 atom stereocenters. The Kier molecular flexibility index (Phi) is 5.85. The highest BCUT2D eigenvalue weighted by Crippen LogP contribution is 2.33. The van der Waals surface area contributed by atoms with Crippen LogP contribution >= 0.6 is 11.8 Å². The highest BCUT2D eigenvalue weighted by Gasteiger charge is 2.34. The summed E-state index contributed by atoms with van der Waals surface area (Å²) < 4.78 is 7.43. The van der Waals surface area contributed by atoms with Crippen molar-refractivity contribution >= 4 is 23.4 Å². The van der Waals surface area contributed by atoms with E-state index in [1.165, 1.54) is 28.4 Å². The number of amides is 1. The SMILES string of the molecule is CCn1ccc(=O)nc1SCC(=O)N1N=C(c2ccc(C)cc2)CC1c1ccco1. The van der Waals surface area contributed by atoms with Crippen LogP contribution in [0.2, 0.25) is 0 Å². The average Bonchev–Trinajstić information content (AvgIpc) is 3.42. The first-order valence-corrected chi connectivity index (χ1v) is 10.7.